The van der Waals surface area contributed by atoms with Crippen LogP contribution in [-0.2, 0) is 9.59 Å². The molecular weight excluding hydrogens is 420 g/mol. The Morgan fingerprint density at radius 1 is 1.13 bits per heavy atom. The number of para-hydroxylation sites is 2. The van der Waals surface area contributed by atoms with E-state index in [1.54, 1.807) is 36.4 Å². The lowest BCUT2D eigenvalue weighted by atomic mass is 10.2. The van der Waals surface area contributed by atoms with Crippen LogP contribution in [0.25, 0.3) is 0 Å². The molecule has 2 aliphatic rings. The van der Waals surface area contributed by atoms with Gasteiger partial charge in [-0.25, -0.2) is 0 Å². The van der Waals surface area contributed by atoms with Crippen molar-refractivity contribution < 1.29 is 14.3 Å². The average molecular weight is 439 g/mol. The van der Waals surface area contributed by atoms with E-state index >= 15 is 0 Å². The molecule has 2 N–H and O–H groups in total. The number of nitrogens with zero attached hydrogens (tertiary/aromatic N) is 2. The van der Waals surface area contributed by atoms with Crippen LogP contribution in [0.3, 0.4) is 0 Å². The number of rotatable bonds is 6. The Morgan fingerprint density at radius 3 is 2.63 bits per heavy atom. The highest BCUT2D eigenvalue weighted by atomic mass is 32.2. The van der Waals surface area contributed by atoms with E-state index in [0.29, 0.717) is 32.9 Å². The van der Waals surface area contributed by atoms with E-state index in [1.165, 1.54) is 16.7 Å². The number of ether oxygens (including phenoxy) is 1. The molecule has 0 bridgehead atoms. The summed E-state index contributed by atoms with van der Waals surface area (Å²) in [6.07, 6.45) is 4.09. The molecule has 0 unspecified atom stereocenters. The van der Waals surface area contributed by atoms with Gasteiger partial charge in [0.15, 0.2) is 10.1 Å². The highest BCUT2D eigenvalue weighted by Crippen LogP contribution is 2.39. The number of amides is 2. The lowest BCUT2D eigenvalue weighted by Gasteiger charge is -2.15. The van der Waals surface area contributed by atoms with Gasteiger partial charge in [-0.1, -0.05) is 36.1 Å². The van der Waals surface area contributed by atoms with Crippen molar-refractivity contribution in [1.82, 2.24) is 5.43 Å². The van der Waals surface area contributed by atoms with Crippen LogP contribution in [0.15, 0.2) is 71.5 Å². The van der Waals surface area contributed by atoms with Crippen molar-refractivity contribution in [3.63, 3.8) is 0 Å². The number of hydrogen-bond acceptors (Lipinski definition) is 7. The number of carbonyl (C=O) groups is 2. The van der Waals surface area contributed by atoms with Crippen molar-refractivity contribution in [2.24, 2.45) is 0 Å². The zero-order chi connectivity index (χ0) is 21.1. The number of anilines is 3. The molecule has 1 fully saturated rings. The molecule has 2 aromatic carbocycles. The fraction of sp³-hybridized carbons (Fsp3) is 0.0952. The van der Waals surface area contributed by atoms with Crippen LogP contribution in [-0.4, -0.2) is 23.2 Å². The molecule has 2 aromatic rings. The Hall–Kier alpha value is -3.30. The number of carbonyl (C=O) groups excluding carboxylic acids is 2. The second kappa shape index (κ2) is 8.60. The van der Waals surface area contributed by atoms with E-state index in [0.717, 1.165) is 18.0 Å². The minimum absolute atomic E-state index is 0.188. The molecule has 0 aromatic heterocycles. The quantitative estimate of drug-likeness (QED) is 0.308. The van der Waals surface area contributed by atoms with Gasteiger partial charge in [0.05, 0.1) is 22.0 Å². The van der Waals surface area contributed by atoms with Crippen LogP contribution < -0.4 is 25.4 Å². The Labute approximate surface area is 183 Å². The number of thioether (sulfide) groups is 1. The monoisotopic (exact) mass is 438 g/mol. The van der Waals surface area contributed by atoms with Gasteiger partial charge in [-0.15, -0.1) is 0 Å². The van der Waals surface area contributed by atoms with Crippen LogP contribution in [0, 0.1) is 0 Å². The predicted molar refractivity (Wildman–Crippen MR) is 123 cm³/mol. The molecule has 2 heterocycles. The van der Waals surface area contributed by atoms with E-state index in [4.69, 9.17) is 17.0 Å². The van der Waals surface area contributed by atoms with Gasteiger partial charge in [-0.05, 0) is 49.4 Å². The van der Waals surface area contributed by atoms with Crippen LogP contribution in [0.5, 0.6) is 5.75 Å². The topological polar surface area (TPSA) is 73.9 Å². The first-order chi connectivity index (χ1) is 14.6. The summed E-state index contributed by atoms with van der Waals surface area (Å²) >= 11 is 6.67. The summed E-state index contributed by atoms with van der Waals surface area (Å²) in [7, 11) is 0. The van der Waals surface area contributed by atoms with Crippen molar-refractivity contribution >= 4 is 57.7 Å². The predicted octanol–water partition coefficient (Wildman–Crippen LogP) is 3.77. The second-order valence-electron chi connectivity index (χ2n) is 6.29. The van der Waals surface area contributed by atoms with Gasteiger partial charge >= 0.3 is 0 Å². The first-order valence-electron chi connectivity index (χ1n) is 9.20. The highest BCUT2D eigenvalue weighted by Gasteiger charge is 2.33. The maximum atomic E-state index is 12.9. The number of fused-ring (bicyclic) bond motifs is 1. The number of nitrogens with one attached hydrogen (secondary N) is 2. The molecular formula is C21H18N4O3S2. The van der Waals surface area contributed by atoms with E-state index in [9.17, 15) is 9.59 Å². The third-order valence-electron chi connectivity index (χ3n) is 4.52. The SMILES string of the molecule is CCN1/C(=C\C=C2\SC(=S)N(c3ccc(NNC=O)cc3)C2=O)Oc2ccccc21. The summed E-state index contributed by atoms with van der Waals surface area (Å²) in [5.41, 5.74) is 7.43. The van der Waals surface area contributed by atoms with E-state index in [-0.39, 0.29) is 5.91 Å². The molecule has 0 atom stereocenters. The largest absolute Gasteiger partial charge is 0.439 e. The minimum atomic E-state index is -0.188. The summed E-state index contributed by atoms with van der Waals surface area (Å²) < 4.78 is 6.38. The lowest BCUT2D eigenvalue weighted by molar-refractivity contribution is -0.113. The highest BCUT2D eigenvalue weighted by molar-refractivity contribution is 8.27. The molecule has 0 radical (unpaired) electrons. The number of hydrazine groups is 1. The summed E-state index contributed by atoms with van der Waals surface area (Å²) in [6, 6.07) is 14.8. The number of benzene rings is 2. The van der Waals surface area contributed by atoms with Gasteiger partial charge in [-0.2, -0.15) is 0 Å². The van der Waals surface area contributed by atoms with Crippen molar-refractivity contribution in [1.29, 1.82) is 0 Å². The third-order valence-corrected chi connectivity index (χ3v) is 5.85. The fourth-order valence-corrected chi connectivity index (χ4v) is 4.40. The molecule has 0 saturated carbocycles. The zero-order valence-corrected chi connectivity index (χ0v) is 17.6. The third kappa shape index (κ3) is 3.77. The normalized spacial score (nSPS) is 18.0. The fourth-order valence-electron chi connectivity index (χ4n) is 3.16. The molecule has 152 valence electrons. The Bertz CT molecular complexity index is 1070. The first kappa shape index (κ1) is 20.0. The van der Waals surface area contributed by atoms with Gasteiger partial charge in [0.1, 0.15) is 0 Å². The Morgan fingerprint density at radius 2 is 1.90 bits per heavy atom. The molecule has 7 nitrogen and oxygen atoms in total. The molecule has 2 aliphatic heterocycles. The maximum absolute atomic E-state index is 12.9. The van der Waals surface area contributed by atoms with Gasteiger partial charge in [-0.3, -0.25) is 25.3 Å². The van der Waals surface area contributed by atoms with Crippen molar-refractivity contribution in [3.05, 3.63) is 71.5 Å². The van der Waals surface area contributed by atoms with E-state index in [2.05, 4.69) is 10.9 Å². The van der Waals surface area contributed by atoms with Crippen LogP contribution >= 0.6 is 24.0 Å². The van der Waals surface area contributed by atoms with Crippen molar-refractivity contribution in [2.75, 3.05) is 21.8 Å². The maximum Gasteiger partial charge on any atom is 0.270 e. The van der Waals surface area contributed by atoms with Crippen molar-refractivity contribution in [2.45, 2.75) is 6.92 Å². The molecule has 0 spiro atoms. The van der Waals surface area contributed by atoms with E-state index < -0.39 is 0 Å². The summed E-state index contributed by atoms with van der Waals surface area (Å²) in [5.74, 6) is 1.28. The molecule has 1 saturated heterocycles. The van der Waals surface area contributed by atoms with Gasteiger partial charge in [0, 0.05) is 12.6 Å². The number of allylic oxidation sites excluding steroid dienone is 2. The summed E-state index contributed by atoms with van der Waals surface area (Å²) in [5, 5.41) is 0. The molecule has 0 aliphatic carbocycles. The van der Waals surface area contributed by atoms with Gasteiger partial charge < -0.3 is 9.64 Å². The minimum Gasteiger partial charge on any atom is -0.439 e. The zero-order valence-electron chi connectivity index (χ0n) is 16.0. The number of thiocarbonyl (C=S) groups is 1. The smallest absolute Gasteiger partial charge is 0.270 e. The molecule has 2 amide bonds. The standard InChI is InChI=1S/C21H18N4O3S2/c1-2-24-16-5-3-4-6-17(16)28-19(24)12-11-18-20(27)25(21(29)30-18)15-9-7-14(8-10-15)23-22-13-26/h3-13,23H,2H2,1H3,(H,22,26)/b18-11+,19-12+. The second-order valence-corrected chi connectivity index (χ2v) is 7.97. The molecule has 30 heavy (non-hydrogen) atoms. The van der Waals surface area contributed by atoms with Gasteiger partial charge in [0.25, 0.3) is 5.91 Å². The lowest BCUT2D eigenvalue weighted by Crippen LogP contribution is -2.27. The van der Waals surface area contributed by atoms with E-state index in [1.807, 2.05) is 36.1 Å². The molecule has 4 rings (SSSR count). The first-order valence-corrected chi connectivity index (χ1v) is 10.4. The summed E-state index contributed by atoms with van der Waals surface area (Å²) in [4.78, 5) is 27.4. The summed E-state index contributed by atoms with van der Waals surface area (Å²) in [6.45, 7) is 2.79. The number of hydrogen-bond donors (Lipinski definition) is 2. The van der Waals surface area contributed by atoms with Crippen LogP contribution in [0.1, 0.15) is 6.92 Å². The van der Waals surface area contributed by atoms with Crippen LogP contribution in [0.4, 0.5) is 17.1 Å². The average Bonchev–Trinajstić information content (AvgIpc) is 3.27. The van der Waals surface area contributed by atoms with Crippen LogP contribution in [0.2, 0.25) is 0 Å². The van der Waals surface area contributed by atoms with Gasteiger partial charge in [0.2, 0.25) is 12.3 Å². The Balaban J connectivity index is 1.53. The Kier molecular flexibility index (Phi) is 5.73. The molecule has 9 heteroatoms. The van der Waals surface area contributed by atoms with Crippen molar-refractivity contribution in [3.8, 4) is 5.75 Å².